The fraction of sp³-hybridized carbons (Fsp3) is 0.667. The van der Waals surface area contributed by atoms with E-state index in [-0.39, 0.29) is 18.4 Å². The summed E-state index contributed by atoms with van der Waals surface area (Å²) in [6.07, 6.45) is 1.34. The first-order valence-corrected chi connectivity index (χ1v) is 4.55. The maximum absolute atomic E-state index is 10.7. The Bertz CT molecular complexity index is 280. The zero-order valence-electron chi connectivity index (χ0n) is 8.77. The highest BCUT2D eigenvalue weighted by Gasteiger charge is 2.39. The van der Waals surface area contributed by atoms with E-state index in [1.165, 1.54) is 13.0 Å². The van der Waals surface area contributed by atoms with Crippen molar-refractivity contribution in [2.24, 2.45) is 0 Å². The molecule has 15 heavy (non-hydrogen) atoms. The maximum Gasteiger partial charge on any atom is 0.330 e. The number of aliphatic carboxylic acids is 1. The van der Waals surface area contributed by atoms with Crippen LogP contribution in [-0.4, -0.2) is 33.3 Å². The second-order valence-electron chi connectivity index (χ2n) is 3.39. The van der Waals surface area contributed by atoms with Gasteiger partial charge >= 0.3 is 5.97 Å². The molecule has 0 aromatic carbocycles. The van der Waals surface area contributed by atoms with Crippen molar-refractivity contribution in [2.75, 3.05) is 6.61 Å². The number of aliphatic hydroxyl groups excluding tert-OH is 1. The summed E-state index contributed by atoms with van der Waals surface area (Å²) in [7, 11) is 0. The van der Waals surface area contributed by atoms with Crippen LogP contribution in [0.5, 0.6) is 0 Å². The van der Waals surface area contributed by atoms with E-state index in [1.54, 1.807) is 6.92 Å². The van der Waals surface area contributed by atoms with Crippen LogP contribution in [-0.2, 0) is 4.79 Å². The smallest absolute Gasteiger partial charge is 0.330 e. The van der Waals surface area contributed by atoms with Crippen molar-refractivity contribution in [3.63, 3.8) is 0 Å². The highest BCUT2D eigenvalue weighted by atomic mass is 16.6. The van der Waals surface area contributed by atoms with Gasteiger partial charge < -0.3 is 10.2 Å². The van der Waals surface area contributed by atoms with E-state index >= 15 is 0 Å². The Balaban J connectivity index is 4.78. The summed E-state index contributed by atoms with van der Waals surface area (Å²) >= 11 is 0. The van der Waals surface area contributed by atoms with Crippen molar-refractivity contribution >= 4 is 5.97 Å². The van der Waals surface area contributed by atoms with E-state index in [2.05, 4.69) is 0 Å². The second kappa shape index (κ2) is 5.45. The molecule has 0 fully saturated rings. The molecule has 1 atom stereocenters. The van der Waals surface area contributed by atoms with E-state index in [9.17, 15) is 14.9 Å². The molecule has 0 aliphatic heterocycles. The first-order valence-electron chi connectivity index (χ1n) is 4.55. The summed E-state index contributed by atoms with van der Waals surface area (Å²) < 4.78 is 0. The monoisotopic (exact) mass is 217 g/mol. The molecule has 0 bridgehead atoms. The number of rotatable bonds is 6. The van der Waals surface area contributed by atoms with Gasteiger partial charge in [-0.05, 0) is 6.92 Å². The Labute approximate surface area is 87.4 Å². The van der Waals surface area contributed by atoms with E-state index in [1.807, 2.05) is 0 Å². The number of nitro groups is 1. The number of hydrogen-bond donors (Lipinski definition) is 2. The molecule has 1 unspecified atom stereocenters. The zero-order chi connectivity index (χ0) is 12.1. The van der Waals surface area contributed by atoms with Gasteiger partial charge in [-0.2, -0.15) is 0 Å². The third kappa shape index (κ3) is 3.32. The average Bonchev–Trinajstić information content (AvgIpc) is 2.19. The molecule has 0 heterocycles. The summed E-state index contributed by atoms with van der Waals surface area (Å²) in [5.74, 6) is -1.11. The molecule has 0 aromatic heterocycles. The van der Waals surface area contributed by atoms with Gasteiger partial charge in [0, 0.05) is 23.3 Å². The minimum absolute atomic E-state index is 0.0446. The van der Waals surface area contributed by atoms with Crippen LogP contribution in [0.3, 0.4) is 0 Å². The number of hydrogen-bond acceptors (Lipinski definition) is 4. The number of nitrogens with zero attached hydrogens (tertiary/aromatic N) is 1. The van der Waals surface area contributed by atoms with Gasteiger partial charge in [0.25, 0.3) is 0 Å². The molecular formula is C9H15NO5. The topological polar surface area (TPSA) is 101 Å². The third-order valence-electron chi connectivity index (χ3n) is 2.47. The molecule has 0 aliphatic carbocycles. The Morgan fingerprint density at radius 1 is 1.60 bits per heavy atom. The average molecular weight is 217 g/mol. The first-order chi connectivity index (χ1) is 6.89. The lowest BCUT2D eigenvalue weighted by molar-refractivity contribution is -0.573. The van der Waals surface area contributed by atoms with Crippen LogP contribution in [0.4, 0.5) is 0 Å². The molecule has 0 radical (unpaired) electrons. The van der Waals surface area contributed by atoms with Crippen molar-refractivity contribution in [2.45, 2.75) is 32.2 Å². The van der Waals surface area contributed by atoms with Gasteiger partial charge in [0.1, 0.15) is 6.61 Å². The standard InChI is InChI=1S/C9H15NO5/c1-3-9(6-11,10(14)15)5-4-7(2)8(12)13/h4,11H,3,5-6H2,1-2H3,(H,12,13)/b7-4+. The first kappa shape index (κ1) is 13.6. The van der Waals surface area contributed by atoms with Gasteiger partial charge in [-0.3, -0.25) is 10.1 Å². The Morgan fingerprint density at radius 3 is 2.40 bits per heavy atom. The van der Waals surface area contributed by atoms with Crippen LogP contribution in [0.2, 0.25) is 0 Å². The second-order valence-corrected chi connectivity index (χ2v) is 3.39. The molecule has 0 saturated heterocycles. The number of carbonyl (C=O) groups is 1. The number of aliphatic hydroxyl groups is 1. The van der Waals surface area contributed by atoms with Gasteiger partial charge in [-0.15, -0.1) is 0 Å². The normalized spacial score (nSPS) is 15.8. The van der Waals surface area contributed by atoms with E-state index in [0.717, 1.165) is 0 Å². The molecule has 0 spiro atoms. The molecule has 0 saturated carbocycles. The highest BCUT2D eigenvalue weighted by molar-refractivity contribution is 5.85. The summed E-state index contributed by atoms with van der Waals surface area (Å²) in [5, 5.41) is 28.3. The van der Waals surface area contributed by atoms with Gasteiger partial charge in [0.15, 0.2) is 0 Å². The molecule has 2 N–H and O–H groups in total. The van der Waals surface area contributed by atoms with Crippen LogP contribution in [0.15, 0.2) is 11.6 Å². The van der Waals surface area contributed by atoms with Crippen molar-refractivity contribution in [3.8, 4) is 0 Å². The predicted octanol–water partition coefficient (Wildman–Crippen LogP) is 0.825. The molecule has 0 rings (SSSR count). The van der Waals surface area contributed by atoms with Crippen molar-refractivity contribution < 1.29 is 19.9 Å². The fourth-order valence-electron chi connectivity index (χ4n) is 1.01. The van der Waals surface area contributed by atoms with Crippen molar-refractivity contribution in [1.82, 2.24) is 0 Å². The summed E-state index contributed by atoms with van der Waals surface area (Å²) in [4.78, 5) is 20.6. The lowest BCUT2D eigenvalue weighted by Gasteiger charge is -2.19. The molecule has 0 amide bonds. The quantitative estimate of drug-likeness (QED) is 0.389. The lowest BCUT2D eigenvalue weighted by Crippen LogP contribution is -2.41. The molecule has 0 aromatic rings. The summed E-state index contributed by atoms with van der Waals surface area (Å²) in [6, 6.07) is 0. The molecule has 86 valence electrons. The molecule has 6 nitrogen and oxygen atoms in total. The van der Waals surface area contributed by atoms with Crippen LogP contribution in [0, 0.1) is 10.1 Å². The van der Waals surface area contributed by atoms with Crippen LogP contribution >= 0.6 is 0 Å². The van der Waals surface area contributed by atoms with Gasteiger partial charge in [-0.25, -0.2) is 4.79 Å². The van der Waals surface area contributed by atoms with Crippen LogP contribution < -0.4 is 0 Å². The highest BCUT2D eigenvalue weighted by Crippen LogP contribution is 2.20. The van der Waals surface area contributed by atoms with Crippen LogP contribution in [0.1, 0.15) is 26.7 Å². The van der Waals surface area contributed by atoms with Gasteiger partial charge in [-0.1, -0.05) is 13.0 Å². The Kier molecular flexibility index (Phi) is 4.93. The Morgan fingerprint density at radius 2 is 2.13 bits per heavy atom. The summed E-state index contributed by atoms with van der Waals surface area (Å²) in [5.41, 5.74) is -1.42. The van der Waals surface area contributed by atoms with Crippen molar-refractivity contribution in [3.05, 3.63) is 21.8 Å². The fourth-order valence-corrected chi connectivity index (χ4v) is 1.01. The van der Waals surface area contributed by atoms with Crippen LogP contribution in [0.25, 0.3) is 0 Å². The summed E-state index contributed by atoms with van der Waals surface area (Å²) in [6.45, 7) is 2.35. The molecule has 6 heteroatoms. The lowest BCUT2D eigenvalue weighted by atomic mass is 9.93. The minimum Gasteiger partial charge on any atom is -0.478 e. The van der Waals surface area contributed by atoms with Crippen molar-refractivity contribution in [1.29, 1.82) is 0 Å². The third-order valence-corrected chi connectivity index (χ3v) is 2.47. The number of carboxylic acid groups (broad SMARTS) is 1. The predicted molar refractivity (Wildman–Crippen MR) is 53.1 cm³/mol. The largest absolute Gasteiger partial charge is 0.478 e. The number of carboxylic acids is 1. The zero-order valence-corrected chi connectivity index (χ0v) is 8.77. The Hall–Kier alpha value is -1.43. The van der Waals surface area contributed by atoms with Gasteiger partial charge in [0.2, 0.25) is 5.54 Å². The molecular weight excluding hydrogens is 202 g/mol. The molecule has 0 aliphatic rings. The van der Waals surface area contributed by atoms with E-state index < -0.39 is 23.0 Å². The SMILES string of the molecule is CCC(CO)(C/C=C(\C)C(=O)O)[N+](=O)[O-]. The van der Waals surface area contributed by atoms with E-state index in [4.69, 9.17) is 10.2 Å². The minimum atomic E-state index is -1.46. The van der Waals surface area contributed by atoms with E-state index in [0.29, 0.717) is 0 Å². The maximum atomic E-state index is 10.7. The van der Waals surface area contributed by atoms with Gasteiger partial charge in [0.05, 0.1) is 0 Å².